The van der Waals surface area contributed by atoms with Crippen LogP contribution < -0.4 is 5.56 Å². The number of hydrogen-bond donors (Lipinski definition) is 0. The molecule has 3 heteroatoms. The van der Waals surface area contributed by atoms with Gasteiger partial charge in [-0.05, 0) is 24.9 Å². The molecule has 0 radical (unpaired) electrons. The quantitative estimate of drug-likeness (QED) is 0.783. The molecule has 0 atom stereocenters. The lowest BCUT2D eigenvalue weighted by molar-refractivity contribution is 0.630. The standard InChI is InChI=1S/C14H18N2O/c1-10(2)13-11(3)15(4)16(14(13)17)12-8-6-5-7-9-12/h5-10H,1-4H3/i3D3. The molecular formula is C14H18N2O. The highest BCUT2D eigenvalue weighted by molar-refractivity contribution is 5.34. The number of aromatic nitrogens is 2. The average Bonchev–Trinajstić information content (AvgIpc) is 2.61. The second-order valence-electron chi connectivity index (χ2n) is 4.39. The zero-order chi connectivity index (χ0) is 15.1. The molecule has 17 heavy (non-hydrogen) atoms. The van der Waals surface area contributed by atoms with Crippen molar-refractivity contribution >= 4 is 0 Å². The zero-order valence-corrected chi connectivity index (χ0v) is 10.3. The highest BCUT2D eigenvalue weighted by Gasteiger charge is 2.17. The summed E-state index contributed by atoms with van der Waals surface area (Å²) in [6.45, 7) is 1.36. The molecule has 1 aromatic carbocycles. The van der Waals surface area contributed by atoms with E-state index in [1.54, 1.807) is 19.2 Å². The molecule has 90 valence electrons. The zero-order valence-electron chi connectivity index (χ0n) is 13.3. The van der Waals surface area contributed by atoms with E-state index in [4.69, 9.17) is 4.11 Å². The number of rotatable bonds is 2. The Kier molecular flexibility index (Phi) is 2.08. The van der Waals surface area contributed by atoms with E-state index in [-0.39, 0.29) is 17.2 Å². The average molecular weight is 233 g/mol. The lowest BCUT2D eigenvalue weighted by Gasteiger charge is -2.07. The number of benzene rings is 1. The minimum absolute atomic E-state index is 0.112. The molecular weight excluding hydrogens is 212 g/mol. The van der Waals surface area contributed by atoms with Crippen LogP contribution in [0.15, 0.2) is 35.1 Å². The van der Waals surface area contributed by atoms with Gasteiger partial charge in [-0.15, -0.1) is 0 Å². The molecule has 0 N–H and O–H groups in total. The van der Waals surface area contributed by atoms with Gasteiger partial charge in [0.1, 0.15) is 0 Å². The maximum absolute atomic E-state index is 12.6. The normalized spacial score (nSPS) is 14.5. The highest BCUT2D eigenvalue weighted by atomic mass is 16.1. The van der Waals surface area contributed by atoms with Crippen molar-refractivity contribution in [3.8, 4) is 5.69 Å². The smallest absolute Gasteiger partial charge is 0.275 e. The van der Waals surface area contributed by atoms with Crippen molar-refractivity contribution in [2.45, 2.75) is 26.6 Å². The largest absolute Gasteiger partial charge is 0.285 e. The van der Waals surface area contributed by atoms with Crippen LogP contribution in [0.25, 0.3) is 5.69 Å². The Morgan fingerprint density at radius 1 is 1.24 bits per heavy atom. The fraction of sp³-hybridized carbons (Fsp3) is 0.357. The van der Waals surface area contributed by atoms with Crippen molar-refractivity contribution in [1.82, 2.24) is 9.36 Å². The Labute approximate surface area is 106 Å². The van der Waals surface area contributed by atoms with Crippen LogP contribution >= 0.6 is 0 Å². The van der Waals surface area contributed by atoms with E-state index in [0.717, 1.165) is 0 Å². The van der Waals surface area contributed by atoms with Gasteiger partial charge in [0, 0.05) is 22.4 Å². The van der Waals surface area contributed by atoms with E-state index in [9.17, 15) is 4.79 Å². The Hall–Kier alpha value is -1.77. The van der Waals surface area contributed by atoms with Crippen LogP contribution in [-0.2, 0) is 7.05 Å². The molecule has 0 saturated heterocycles. The van der Waals surface area contributed by atoms with Crippen molar-refractivity contribution in [1.29, 1.82) is 0 Å². The van der Waals surface area contributed by atoms with Crippen LogP contribution in [0, 0.1) is 6.85 Å². The second-order valence-corrected chi connectivity index (χ2v) is 4.39. The van der Waals surface area contributed by atoms with Crippen molar-refractivity contribution in [2.24, 2.45) is 7.05 Å². The predicted octanol–water partition coefficient (Wildman–Crippen LogP) is 2.61. The Balaban J connectivity index is 2.83. The van der Waals surface area contributed by atoms with Gasteiger partial charge in [-0.2, -0.15) is 0 Å². The summed E-state index contributed by atoms with van der Waals surface area (Å²) in [6.07, 6.45) is 0. The third-order valence-corrected chi connectivity index (χ3v) is 2.88. The molecule has 3 nitrogen and oxygen atoms in total. The van der Waals surface area contributed by atoms with Crippen LogP contribution in [-0.4, -0.2) is 9.36 Å². The topological polar surface area (TPSA) is 26.9 Å². The lowest BCUT2D eigenvalue weighted by atomic mass is 10.0. The van der Waals surface area contributed by atoms with Gasteiger partial charge in [0.15, 0.2) is 0 Å². The van der Waals surface area contributed by atoms with Crippen molar-refractivity contribution in [2.75, 3.05) is 0 Å². The summed E-state index contributed by atoms with van der Waals surface area (Å²) >= 11 is 0. The summed E-state index contributed by atoms with van der Waals surface area (Å²) in [5, 5.41) is 0. The molecule has 1 aromatic heterocycles. The van der Waals surface area contributed by atoms with Crippen LogP contribution in [0.5, 0.6) is 0 Å². The third-order valence-electron chi connectivity index (χ3n) is 2.88. The van der Waals surface area contributed by atoms with Gasteiger partial charge in [0.25, 0.3) is 5.56 Å². The van der Waals surface area contributed by atoms with Crippen molar-refractivity contribution < 1.29 is 4.11 Å². The molecule has 2 aromatic rings. The van der Waals surface area contributed by atoms with Crippen molar-refractivity contribution in [3.05, 3.63) is 51.9 Å². The Bertz CT molecular complexity index is 666. The summed E-state index contributed by atoms with van der Waals surface area (Å²) in [5.41, 5.74) is 0.870. The van der Waals surface area contributed by atoms with E-state index >= 15 is 0 Å². The van der Waals surface area contributed by atoms with Gasteiger partial charge in [-0.25, -0.2) is 4.68 Å². The van der Waals surface area contributed by atoms with E-state index in [2.05, 4.69) is 0 Å². The molecule has 2 rings (SSSR count). The van der Waals surface area contributed by atoms with Gasteiger partial charge in [-0.3, -0.25) is 9.48 Å². The summed E-state index contributed by atoms with van der Waals surface area (Å²) in [5.74, 6) is -0.144. The van der Waals surface area contributed by atoms with Crippen molar-refractivity contribution in [3.63, 3.8) is 0 Å². The maximum atomic E-state index is 12.6. The maximum Gasteiger partial charge on any atom is 0.275 e. The fourth-order valence-electron chi connectivity index (χ4n) is 2.01. The summed E-state index contributed by atoms with van der Waals surface area (Å²) in [6, 6.07) is 9.06. The van der Waals surface area contributed by atoms with Gasteiger partial charge >= 0.3 is 0 Å². The van der Waals surface area contributed by atoms with E-state index in [0.29, 0.717) is 11.3 Å². The first-order valence-electron chi connectivity index (χ1n) is 7.13. The Morgan fingerprint density at radius 3 is 2.35 bits per heavy atom. The SMILES string of the molecule is [2H]C([2H])([2H])c1c(C(C)C)c(=O)n(-c2ccccc2)n1C. The summed E-state index contributed by atoms with van der Waals surface area (Å²) in [7, 11) is 1.61. The van der Waals surface area contributed by atoms with Gasteiger partial charge < -0.3 is 0 Å². The first-order valence-corrected chi connectivity index (χ1v) is 5.63. The molecule has 0 amide bonds. The molecule has 0 aliphatic carbocycles. The predicted molar refractivity (Wildman–Crippen MR) is 69.8 cm³/mol. The van der Waals surface area contributed by atoms with Gasteiger partial charge in [0.2, 0.25) is 0 Å². The summed E-state index contributed by atoms with van der Waals surface area (Å²) < 4.78 is 25.9. The minimum atomic E-state index is -2.31. The second kappa shape index (κ2) is 4.24. The lowest BCUT2D eigenvalue weighted by Crippen LogP contribution is -2.21. The van der Waals surface area contributed by atoms with Crippen LogP contribution in [0.1, 0.15) is 35.1 Å². The Morgan fingerprint density at radius 2 is 1.88 bits per heavy atom. The minimum Gasteiger partial charge on any atom is -0.285 e. The molecule has 0 spiro atoms. The van der Waals surface area contributed by atoms with Crippen LogP contribution in [0.4, 0.5) is 0 Å². The monoisotopic (exact) mass is 233 g/mol. The molecule has 0 aliphatic rings. The van der Waals surface area contributed by atoms with Crippen LogP contribution in [0.2, 0.25) is 0 Å². The van der Waals surface area contributed by atoms with Crippen LogP contribution in [0.3, 0.4) is 0 Å². The molecule has 0 unspecified atom stereocenters. The third kappa shape index (κ3) is 1.82. The molecule has 0 fully saturated rings. The fourth-order valence-corrected chi connectivity index (χ4v) is 2.01. The molecule has 0 bridgehead atoms. The first kappa shape index (κ1) is 8.34. The molecule has 1 heterocycles. The highest BCUT2D eigenvalue weighted by Crippen LogP contribution is 2.17. The van der Waals surface area contributed by atoms with E-state index < -0.39 is 6.85 Å². The molecule has 0 aliphatic heterocycles. The van der Waals surface area contributed by atoms with Gasteiger partial charge in [0.05, 0.1) is 5.69 Å². The number of para-hydroxylation sites is 1. The summed E-state index contributed by atoms with van der Waals surface area (Å²) in [4.78, 5) is 12.6. The number of nitrogens with zero attached hydrogens (tertiary/aromatic N) is 2. The van der Waals surface area contributed by atoms with E-state index in [1.165, 1.54) is 9.36 Å². The van der Waals surface area contributed by atoms with E-state index in [1.807, 2.05) is 32.0 Å². The van der Waals surface area contributed by atoms with Gasteiger partial charge in [-0.1, -0.05) is 32.0 Å². The molecule has 0 saturated carbocycles. The first-order chi connectivity index (χ1) is 9.25. The number of hydrogen-bond acceptors (Lipinski definition) is 1.